The summed E-state index contributed by atoms with van der Waals surface area (Å²) < 4.78 is 7.59. The molecule has 1 N–H and O–H groups in total. The largest absolute Gasteiger partial charge is 0.412 e. The van der Waals surface area contributed by atoms with Crippen molar-refractivity contribution in [2.75, 3.05) is 0 Å². The lowest BCUT2D eigenvalue weighted by Crippen LogP contribution is -2.26. The number of aromatic nitrogens is 1. The summed E-state index contributed by atoms with van der Waals surface area (Å²) in [7, 11) is 0. The highest BCUT2D eigenvalue weighted by atomic mass is 16.5. The highest BCUT2D eigenvalue weighted by molar-refractivity contribution is 5.70. The molecule has 110 valence electrons. The van der Waals surface area contributed by atoms with E-state index in [9.17, 15) is 4.79 Å². The lowest BCUT2D eigenvalue weighted by Gasteiger charge is -2.09. The molecule has 0 saturated heterocycles. The molecule has 0 aliphatic heterocycles. The lowest BCUT2D eigenvalue weighted by atomic mass is 10.2. The number of amides is 1. The van der Waals surface area contributed by atoms with Crippen LogP contribution < -0.4 is 10.1 Å². The summed E-state index contributed by atoms with van der Waals surface area (Å²) in [5, 5.41) is 2.81. The van der Waals surface area contributed by atoms with Crippen molar-refractivity contribution in [1.82, 2.24) is 9.88 Å². The first-order valence-corrected chi connectivity index (χ1v) is 7.33. The molecule has 1 aliphatic carbocycles. The van der Waals surface area contributed by atoms with E-state index in [4.69, 9.17) is 4.74 Å². The Morgan fingerprint density at radius 1 is 1.29 bits per heavy atom. The maximum Gasteiger partial charge on any atom is 0.412 e. The minimum Gasteiger partial charge on any atom is -0.410 e. The van der Waals surface area contributed by atoms with Crippen molar-refractivity contribution in [3.8, 4) is 5.75 Å². The SMILES string of the molecule is Cc1cc(CNC(=O)Oc2ccccc2)c(C)n1C1CC1. The summed E-state index contributed by atoms with van der Waals surface area (Å²) in [6.45, 7) is 4.74. The Morgan fingerprint density at radius 3 is 2.67 bits per heavy atom. The fraction of sp³-hybridized carbons (Fsp3) is 0.353. The highest BCUT2D eigenvalue weighted by Crippen LogP contribution is 2.38. The Labute approximate surface area is 124 Å². The molecule has 0 radical (unpaired) electrons. The quantitative estimate of drug-likeness (QED) is 0.929. The monoisotopic (exact) mass is 284 g/mol. The van der Waals surface area contributed by atoms with Gasteiger partial charge in [0.05, 0.1) is 0 Å². The van der Waals surface area contributed by atoms with Crippen LogP contribution in [0.4, 0.5) is 4.79 Å². The van der Waals surface area contributed by atoms with Gasteiger partial charge in [0.1, 0.15) is 5.75 Å². The summed E-state index contributed by atoms with van der Waals surface area (Å²) in [4.78, 5) is 11.8. The minimum atomic E-state index is -0.419. The van der Waals surface area contributed by atoms with Crippen molar-refractivity contribution in [3.63, 3.8) is 0 Å². The van der Waals surface area contributed by atoms with Crippen molar-refractivity contribution in [1.29, 1.82) is 0 Å². The van der Waals surface area contributed by atoms with Crippen LogP contribution in [0.15, 0.2) is 36.4 Å². The van der Waals surface area contributed by atoms with Gasteiger partial charge < -0.3 is 14.6 Å². The first-order valence-electron chi connectivity index (χ1n) is 7.33. The topological polar surface area (TPSA) is 43.3 Å². The Morgan fingerprint density at radius 2 is 2.00 bits per heavy atom. The lowest BCUT2D eigenvalue weighted by molar-refractivity contribution is 0.200. The second kappa shape index (κ2) is 5.64. The number of hydrogen-bond acceptors (Lipinski definition) is 2. The van der Waals surface area contributed by atoms with E-state index in [1.54, 1.807) is 12.1 Å². The maximum atomic E-state index is 11.8. The van der Waals surface area contributed by atoms with Gasteiger partial charge in [-0.25, -0.2) is 4.79 Å². The molecule has 4 heteroatoms. The molecule has 1 fully saturated rings. The van der Waals surface area contributed by atoms with Gasteiger partial charge in [-0.15, -0.1) is 0 Å². The van der Waals surface area contributed by atoms with E-state index in [2.05, 4.69) is 29.8 Å². The maximum absolute atomic E-state index is 11.8. The molecular formula is C17H20N2O2. The average molecular weight is 284 g/mol. The van der Waals surface area contributed by atoms with E-state index < -0.39 is 6.09 Å². The van der Waals surface area contributed by atoms with Gasteiger partial charge in [-0.05, 0) is 50.5 Å². The molecule has 3 rings (SSSR count). The van der Waals surface area contributed by atoms with Crippen LogP contribution >= 0.6 is 0 Å². The van der Waals surface area contributed by atoms with Gasteiger partial charge in [-0.1, -0.05) is 18.2 Å². The van der Waals surface area contributed by atoms with Crippen LogP contribution in [0.5, 0.6) is 5.75 Å². The number of para-hydroxylation sites is 1. The molecule has 1 aromatic carbocycles. The van der Waals surface area contributed by atoms with Crippen molar-refractivity contribution in [2.24, 2.45) is 0 Å². The summed E-state index contributed by atoms with van der Waals surface area (Å²) in [6.07, 6.45) is 2.11. The molecule has 1 amide bonds. The van der Waals surface area contributed by atoms with E-state index in [1.165, 1.54) is 24.2 Å². The third-order valence-corrected chi connectivity index (χ3v) is 3.88. The summed E-state index contributed by atoms with van der Waals surface area (Å²) in [6, 6.07) is 11.9. The second-order valence-electron chi connectivity index (χ2n) is 5.55. The number of carbonyl (C=O) groups is 1. The standard InChI is InChI=1S/C17H20N2O2/c1-12-10-14(13(2)19(12)15-8-9-15)11-18-17(20)21-16-6-4-3-5-7-16/h3-7,10,15H,8-9,11H2,1-2H3,(H,18,20). The highest BCUT2D eigenvalue weighted by Gasteiger charge is 2.26. The van der Waals surface area contributed by atoms with Crippen LogP contribution in [0, 0.1) is 13.8 Å². The molecule has 1 aliphatic rings. The summed E-state index contributed by atoms with van der Waals surface area (Å²) in [5.74, 6) is 0.554. The molecule has 2 aromatic rings. The predicted molar refractivity (Wildman–Crippen MR) is 81.5 cm³/mol. The Balaban J connectivity index is 1.60. The fourth-order valence-electron chi connectivity index (χ4n) is 2.72. The fourth-order valence-corrected chi connectivity index (χ4v) is 2.72. The zero-order valence-corrected chi connectivity index (χ0v) is 12.4. The zero-order valence-electron chi connectivity index (χ0n) is 12.4. The van der Waals surface area contributed by atoms with Gasteiger partial charge in [0, 0.05) is 24.0 Å². The number of hydrogen-bond donors (Lipinski definition) is 1. The van der Waals surface area contributed by atoms with Gasteiger partial charge >= 0.3 is 6.09 Å². The van der Waals surface area contributed by atoms with Crippen molar-refractivity contribution in [3.05, 3.63) is 53.3 Å². The molecule has 0 spiro atoms. The summed E-state index contributed by atoms with van der Waals surface area (Å²) in [5.41, 5.74) is 3.67. The van der Waals surface area contributed by atoms with E-state index in [-0.39, 0.29) is 0 Å². The molecule has 21 heavy (non-hydrogen) atoms. The molecule has 0 bridgehead atoms. The van der Waals surface area contributed by atoms with Gasteiger partial charge in [0.15, 0.2) is 0 Å². The van der Waals surface area contributed by atoms with Crippen molar-refractivity contribution >= 4 is 6.09 Å². The van der Waals surface area contributed by atoms with Crippen LogP contribution in [0.1, 0.15) is 35.8 Å². The smallest absolute Gasteiger partial charge is 0.410 e. The Bertz CT molecular complexity index is 642. The van der Waals surface area contributed by atoms with Gasteiger partial charge in [-0.3, -0.25) is 0 Å². The normalized spacial score (nSPS) is 14.0. The van der Waals surface area contributed by atoms with Crippen LogP contribution in [0.2, 0.25) is 0 Å². The van der Waals surface area contributed by atoms with E-state index in [1.807, 2.05) is 18.2 Å². The van der Waals surface area contributed by atoms with Gasteiger partial charge in [-0.2, -0.15) is 0 Å². The second-order valence-corrected chi connectivity index (χ2v) is 5.55. The van der Waals surface area contributed by atoms with E-state index in [0.29, 0.717) is 18.3 Å². The molecule has 1 aromatic heterocycles. The number of aryl methyl sites for hydroxylation is 1. The number of ether oxygens (including phenoxy) is 1. The van der Waals surface area contributed by atoms with Crippen LogP contribution in [-0.2, 0) is 6.54 Å². The molecule has 1 saturated carbocycles. The van der Waals surface area contributed by atoms with Crippen LogP contribution in [-0.4, -0.2) is 10.7 Å². The minimum absolute atomic E-state index is 0.419. The number of carbonyl (C=O) groups excluding carboxylic acids is 1. The van der Waals surface area contributed by atoms with Crippen LogP contribution in [0.3, 0.4) is 0 Å². The van der Waals surface area contributed by atoms with E-state index >= 15 is 0 Å². The van der Waals surface area contributed by atoms with Gasteiger partial charge in [0.25, 0.3) is 0 Å². The van der Waals surface area contributed by atoms with Crippen LogP contribution in [0.25, 0.3) is 0 Å². The third kappa shape index (κ3) is 3.10. The Hall–Kier alpha value is -2.23. The molecule has 0 unspecified atom stereocenters. The first-order chi connectivity index (χ1) is 10.1. The molecular weight excluding hydrogens is 264 g/mol. The molecule has 1 heterocycles. The average Bonchev–Trinajstić information content (AvgIpc) is 3.25. The van der Waals surface area contributed by atoms with Crippen molar-refractivity contribution < 1.29 is 9.53 Å². The number of nitrogens with zero attached hydrogens (tertiary/aromatic N) is 1. The van der Waals surface area contributed by atoms with Gasteiger partial charge in [0.2, 0.25) is 0 Å². The number of benzene rings is 1. The zero-order chi connectivity index (χ0) is 14.8. The molecule has 4 nitrogen and oxygen atoms in total. The predicted octanol–water partition coefficient (Wildman–Crippen LogP) is 3.73. The number of rotatable bonds is 4. The summed E-state index contributed by atoms with van der Waals surface area (Å²) >= 11 is 0. The Kier molecular flexibility index (Phi) is 3.69. The third-order valence-electron chi connectivity index (χ3n) is 3.88. The molecule has 0 atom stereocenters. The van der Waals surface area contributed by atoms with E-state index in [0.717, 1.165) is 5.56 Å². The van der Waals surface area contributed by atoms with Crippen molar-refractivity contribution in [2.45, 2.75) is 39.3 Å². The number of nitrogens with one attached hydrogen (secondary N) is 1. The first kappa shape index (κ1) is 13.7.